The van der Waals surface area contributed by atoms with Gasteiger partial charge in [0.25, 0.3) is 0 Å². The van der Waals surface area contributed by atoms with Crippen molar-refractivity contribution >= 4 is 5.82 Å². The number of hydrogen-bond donors (Lipinski definition) is 1. The van der Waals surface area contributed by atoms with Gasteiger partial charge in [0, 0.05) is 24.7 Å². The fourth-order valence-electron chi connectivity index (χ4n) is 2.29. The summed E-state index contributed by atoms with van der Waals surface area (Å²) >= 11 is 0. The van der Waals surface area contributed by atoms with Gasteiger partial charge in [-0.3, -0.25) is 0 Å². The molecule has 1 N–H and O–H groups in total. The van der Waals surface area contributed by atoms with Gasteiger partial charge in [0.05, 0.1) is 11.2 Å². The van der Waals surface area contributed by atoms with Crippen LogP contribution in [0.15, 0.2) is 12.1 Å². The third-order valence-corrected chi connectivity index (χ3v) is 3.66. The molecule has 2 heterocycles. The van der Waals surface area contributed by atoms with Crippen LogP contribution in [0.3, 0.4) is 0 Å². The molecular weight excluding hydrogens is 257 g/mol. The van der Waals surface area contributed by atoms with Crippen LogP contribution in [0.5, 0.6) is 0 Å². The molecule has 1 aromatic heterocycles. The highest BCUT2D eigenvalue weighted by Gasteiger charge is 2.40. The van der Waals surface area contributed by atoms with E-state index in [9.17, 15) is 18.3 Å². The van der Waals surface area contributed by atoms with E-state index in [4.69, 9.17) is 0 Å². The molecule has 0 radical (unpaired) electrons. The maximum atomic E-state index is 12.8. The van der Waals surface area contributed by atoms with E-state index in [0.29, 0.717) is 18.8 Å². The first-order valence-electron chi connectivity index (χ1n) is 6.13. The molecule has 0 saturated carbocycles. The normalized spacial score (nSPS) is 27.9. The largest absolute Gasteiger partial charge is 0.416 e. The molecule has 6 heteroatoms. The number of aromatic nitrogens is 1. The van der Waals surface area contributed by atoms with E-state index >= 15 is 0 Å². The maximum absolute atomic E-state index is 12.8. The molecule has 0 bridgehead atoms. The van der Waals surface area contributed by atoms with Crippen molar-refractivity contribution in [2.24, 2.45) is 5.92 Å². The Morgan fingerprint density at radius 2 is 2.05 bits per heavy atom. The van der Waals surface area contributed by atoms with Crippen molar-refractivity contribution in [1.82, 2.24) is 4.98 Å². The average molecular weight is 274 g/mol. The van der Waals surface area contributed by atoms with Gasteiger partial charge < -0.3 is 10.0 Å². The maximum Gasteiger partial charge on any atom is 0.416 e. The topological polar surface area (TPSA) is 36.4 Å². The summed E-state index contributed by atoms with van der Waals surface area (Å²) in [6, 6.07) is 2.07. The third-order valence-electron chi connectivity index (χ3n) is 3.66. The van der Waals surface area contributed by atoms with Crippen LogP contribution in [0, 0.1) is 12.8 Å². The summed E-state index contributed by atoms with van der Waals surface area (Å²) in [5, 5.41) is 10.1. The smallest absolute Gasteiger partial charge is 0.388 e. The highest BCUT2D eigenvalue weighted by molar-refractivity contribution is 5.45. The number of halogens is 3. The number of anilines is 1. The molecule has 2 rings (SSSR count). The molecule has 0 spiro atoms. The Balaban J connectivity index is 2.34. The molecule has 106 valence electrons. The summed E-state index contributed by atoms with van der Waals surface area (Å²) in [5.41, 5.74) is -1.28. The Kier molecular flexibility index (Phi) is 3.24. The van der Waals surface area contributed by atoms with Crippen LogP contribution in [0.4, 0.5) is 19.0 Å². The zero-order valence-corrected chi connectivity index (χ0v) is 11.1. The van der Waals surface area contributed by atoms with E-state index in [1.54, 1.807) is 11.8 Å². The molecule has 3 nitrogen and oxygen atoms in total. The molecule has 0 aromatic carbocycles. The molecule has 0 aliphatic carbocycles. The van der Waals surface area contributed by atoms with Crippen LogP contribution in [0.25, 0.3) is 0 Å². The van der Waals surface area contributed by atoms with Crippen molar-refractivity contribution in [3.8, 4) is 0 Å². The first-order valence-corrected chi connectivity index (χ1v) is 6.13. The highest BCUT2D eigenvalue weighted by atomic mass is 19.4. The van der Waals surface area contributed by atoms with Gasteiger partial charge >= 0.3 is 6.18 Å². The standard InChI is InChI=1S/C13H17F3N2O/c1-8-6-18(7-12(8,3)19)11-5-10(13(14,15)16)4-9(2)17-11/h4-5,8,19H,6-7H2,1-3H3/t8-,12+/m1/s1. The number of pyridine rings is 1. The summed E-state index contributed by atoms with van der Waals surface area (Å²) in [4.78, 5) is 5.85. The summed E-state index contributed by atoms with van der Waals surface area (Å²) in [6.45, 7) is 5.90. The lowest BCUT2D eigenvalue weighted by molar-refractivity contribution is -0.137. The fraction of sp³-hybridized carbons (Fsp3) is 0.615. The molecule has 1 aliphatic rings. The molecule has 0 unspecified atom stereocenters. The molecule has 0 amide bonds. The minimum atomic E-state index is -4.38. The molecule has 1 fully saturated rings. The van der Waals surface area contributed by atoms with Gasteiger partial charge in [-0.1, -0.05) is 6.92 Å². The minimum absolute atomic E-state index is 0.0100. The fourth-order valence-corrected chi connectivity index (χ4v) is 2.29. The number of hydrogen-bond acceptors (Lipinski definition) is 3. The van der Waals surface area contributed by atoms with Gasteiger partial charge in [-0.15, -0.1) is 0 Å². The summed E-state index contributed by atoms with van der Waals surface area (Å²) < 4.78 is 38.3. The van der Waals surface area contributed by atoms with E-state index in [0.717, 1.165) is 12.1 Å². The molecule has 1 aromatic rings. The van der Waals surface area contributed by atoms with Gasteiger partial charge in [0.1, 0.15) is 5.82 Å². The number of nitrogens with zero attached hydrogens (tertiary/aromatic N) is 2. The van der Waals surface area contributed by atoms with Gasteiger partial charge in [-0.05, 0) is 26.0 Å². The predicted molar refractivity (Wildman–Crippen MR) is 66.0 cm³/mol. The monoisotopic (exact) mass is 274 g/mol. The van der Waals surface area contributed by atoms with Crippen molar-refractivity contribution in [2.75, 3.05) is 18.0 Å². The van der Waals surface area contributed by atoms with Crippen molar-refractivity contribution < 1.29 is 18.3 Å². The van der Waals surface area contributed by atoms with Gasteiger partial charge in [0.2, 0.25) is 0 Å². The highest BCUT2D eigenvalue weighted by Crippen LogP contribution is 2.34. The summed E-state index contributed by atoms with van der Waals surface area (Å²) in [6.07, 6.45) is -4.38. The Morgan fingerprint density at radius 3 is 2.53 bits per heavy atom. The SMILES string of the molecule is Cc1cc(C(F)(F)F)cc(N2C[C@@H](C)[C@@](C)(O)C2)n1. The van der Waals surface area contributed by atoms with Crippen LogP contribution >= 0.6 is 0 Å². The van der Waals surface area contributed by atoms with Crippen LogP contribution < -0.4 is 4.90 Å². The van der Waals surface area contributed by atoms with Crippen LogP contribution in [0.2, 0.25) is 0 Å². The first-order chi connectivity index (χ1) is 8.59. The van der Waals surface area contributed by atoms with Crippen LogP contribution in [-0.4, -0.2) is 28.8 Å². The summed E-state index contributed by atoms with van der Waals surface area (Å²) in [5.74, 6) is 0.265. The molecule has 2 atom stereocenters. The van der Waals surface area contributed by atoms with Gasteiger partial charge in [-0.25, -0.2) is 4.98 Å². The Morgan fingerprint density at radius 1 is 1.42 bits per heavy atom. The van der Waals surface area contributed by atoms with E-state index in [-0.39, 0.29) is 11.7 Å². The molecule has 1 aliphatic heterocycles. The lowest BCUT2D eigenvalue weighted by Crippen LogP contribution is -2.33. The average Bonchev–Trinajstić information content (AvgIpc) is 2.51. The van der Waals surface area contributed by atoms with E-state index in [1.165, 1.54) is 6.92 Å². The van der Waals surface area contributed by atoms with E-state index in [2.05, 4.69) is 4.98 Å². The number of aryl methyl sites for hydroxylation is 1. The van der Waals surface area contributed by atoms with Crippen molar-refractivity contribution in [1.29, 1.82) is 0 Å². The van der Waals surface area contributed by atoms with Crippen LogP contribution in [0.1, 0.15) is 25.1 Å². The second kappa shape index (κ2) is 4.37. The van der Waals surface area contributed by atoms with E-state index in [1.807, 2.05) is 6.92 Å². The lowest BCUT2D eigenvalue weighted by Gasteiger charge is -2.22. The lowest BCUT2D eigenvalue weighted by atomic mass is 9.95. The van der Waals surface area contributed by atoms with Crippen molar-refractivity contribution in [2.45, 2.75) is 32.5 Å². The molecule has 19 heavy (non-hydrogen) atoms. The quantitative estimate of drug-likeness (QED) is 0.855. The number of aliphatic hydroxyl groups is 1. The Hall–Kier alpha value is -1.30. The molecule has 1 saturated heterocycles. The van der Waals surface area contributed by atoms with Crippen LogP contribution in [-0.2, 0) is 6.18 Å². The second-order valence-electron chi connectivity index (χ2n) is 5.49. The van der Waals surface area contributed by atoms with Crippen molar-refractivity contribution in [3.63, 3.8) is 0 Å². The minimum Gasteiger partial charge on any atom is -0.388 e. The third kappa shape index (κ3) is 2.83. The number of alkyl halides is 3. The molecular formula is C13H17F3N2O. The zero-order chi connectivity index (χ0) is 14.4. The van der Waals surface area contributed by atoms with Crippen molar-refractivity contribution in [3.05, 3.63) is 23.4 Å². The Bertz CT molecular complexity index is 485. The number of rotatable bonds is 1. The Labute approximate surface area is 110 Å². The predicted octanol–water partition coefficient (Wildman–Crippen LogP) is 2.62. The van der Waals surface area contributed by atoms with Gasteiger partial charge in [-0.2, -0.15) is 13.2 Å². The number of β-amino-alcohol motifs (C(OH)–C–C–N with tert-alkyl or cyclic N) is 1. The van der Waals surface area contributed by atoms with Gasteiger partial charge in [0.15, 0.2) is 0 Å². The first kappa shape index (κ1) is 14.1. The zero-order valence-electron chi connectivity index (χ0n) is 11.1. The van der Waals surface area contributed by atoms with E-state index < -0.39 is 17.3 Å². The second-order valence-corrected chi connectivity index (χ2v) is 5.49. The summed E-state index contributed by atoms with van der Waals surface area (Å²) in [7, 11) is 0.